The third-order valence-corrected chi connectivity index (χ3v) is 14.8. The van der Waals surface area contributed by atoms with E-state index in [-0.39, 0.29) is 22.2 Å². The van der Waals surface area contributed by atoms with Crippen LogP contribution in [0.2, 0.25) is 0 Å². The highest BCUT2D eigenvalue weighted by molar-refractivity contribution is 5.91. The molecule has 0 spiro atoms. The third kappa shape index (κ3) is 17.1. The fourth-order valence-electron chi connectivity index (χ4n) is 10.7. The number of hydrogen-bond acceptors (Lipinski definition) is 12. The third-order valence-electron chi connectivity index (χ3n) is 14.8. The van der Waals surface area contributed by atoms with Crippen LogP contribution >= 0.6 is 0 Å². The van der Waals surface area contributed by atoms with Gasteiger partial charge in [0.05, 0.1) is 11.4 Å². The summed E-state index contributed by atoms with van der Waals surface area (Å²) in [6.07, 6.45) is 5.60. The van der Waals surface area contributed by atoms with E-state index >= 15 is 0 Å². The van der Waals surface area contributed by atoms with E-state index in [1.54, 1.807) is 0 Å². The summed E-state index contributed by atoms with van der Waals surface area (Å²) in [7, 11) is 0. The molecule has 2 aliphatic heterocycles. The van der Waals surface area contributed by atoms with Crippen molar-refractivity contribution >= 4 is 23.3 Å². The molecule has 4 heterocycles. The summed E-state index contributed by atoms with van der Waals surface area (Å²) >= 11 is 0. The van der Waals surface area contributed by atoms with E-state index in [2.05, 4.69) is 114 Å². The summed E-state index contributed by atoms with van der Waals surface area (Å²) in [4.78, 5) is 50.5. The minimum absolute atomic E-state index is 0.148. The summed E-state index contributed by atoms with van der Waals surface area (Å²) in [5, 5.41) is 0. The summed E-state index contributed by atoms with van der Waals surface area (Å²) < 4.78 is 23.6. The van der Waals surface area contributed by atoms with Gasteiger partial charge in [-0.1, -0.05) is 126 Å². The molecule has 428 valence electrons. The zero-order chi connectivity index (χ0) is 58.2. The molecule has 0 aliphatic carbocycles. The van der Waals surface area contributed by atoms with Crippen molar-refractivity contribution in [1.82, 2.24) is 19.9 Å². The monoisotopic (exact) mass is 1090 g/mol. The number of hydrogen-bond donors (Lipinski definition) is 0. The van der Waals surface area contributed by atoms with E-state index in [1.807, 2.05) is 116 Å². The van der Waals surface area contributed by atoms with E-state index in [9.17, 15) is 9.59 Å². The Balaban J connectivity index is 0.000000231. The summed E-state index contributed by atoms with van der Waals surface area (Å²) in [5.74, 6) is 2.03. The molecule has 2 aromatic heterocycles. The van der Waals surface area contributed by atoms with Crippen molar-refractivity contribution in [2.45, 2.75) is 197 Å². The Hall–Kier alpha value is -6.82. The molecule has 12 heteroatoms. The van der Waals surface area contributed by atoms with Crippen molar-refractivity contribution in [2.75, 3.05) is 22.9 Å². The number of esters is 2. The highest BCUT2D eigenvalue weighted by atomic mass is 16.6. The summed E-state index contributed by atoms with van der Waals surface area (Å²) in [6, 6.07) is 38.6. The zero-order valence-corrected chi connectivity index (χ0v) is 50.9. The number of carbonyl (C=O) groups excluding carboxylic acids is 2. The Bertz CT molecular complexity index is 2790. The maximum atomic E-state index is 13.2. The number of benzene rings is 4. The van der Waals surface area contributed by atoms with Crippen LogP contribution in [0.1, 0.15) is 189 Å². The standard InChI is InChI=1S/2C34H45N3O3/c2*1-23-20-26(18-19-37(23)28-16-14-27(15-17-28)33(3,4)5)21-29-35-24(2)31(39-22-25-12-10-9-11-13-25)30(36-29)32(38)40-34(6,7)8/h2*9-17,23,26H,18-22H2,1-8H3/t23-,26+;23-,26-/m10/s1. The number of rotatable bonds is 14. The number of ether oxygens (including phenoxy) is 4. The van der Waals surface area contributed by atoms with Crippen LogP contribution in [0.5, 0.6) is 11.5 Å². The second-order valence-electron chi connectivity index (χ2n) is 26.2. The van der Waals surface area contributed by atoms with Gasteiger partial charge >= 0.3 is 11.9 Å². The van der Waals surface area contributed by atoms with Crippen LogP contribution in [0.3, 0.4) is 0 Å². The van der Waals surface area contributed by atoms with Crippen molar-refractivity contribution < 1.29 is 28.5 Å². The van der Waals surface area contributed by atoms with Crippen molar-refractivity contribution in [3.8, 4) is 11.5 Å². The smallest absolute Gasteiger partial charge is 0.361 e. The lowest BCUT2D eigenvalue weighted by Gasteiger charge is -2.39. The minimum atomic E-state index is -0.639. The second-order valence-corrected chi connectivity index (χ2v) is 26.2. The molecule has 80 heavy (non-hydrogen) atoms. The predicted molar refractivity (Wildman–Crippen MR) is 322 cm³/mol. The first kappa shape index (κ1) is 60.8. The molecule has 6 aromatic rings. The molecule has 0 unspecified atom stereocenters. The Kier molecular flexibility index (Phi) is 19.6. The van der Waals surface area contributed by atoms with E-state index in [0.29, 0.717) is 71.7 Å². The average molecular weight is 1090 g/mol. The van der Waals surface area contributed by atoms with E-state index < -0.39 is 23.1 Å². The van der Waals surface area contributed by atoms with Crippen molar-refractivity contribution in [3.63, 3.8) is 0 Å². The van der Waals surface area contributed by atoms with Crippen LogP contribution in [0.4, 0.5) is 11.4 Å². The SMILES string of the molecule is Cc1nc(C[C@H]2CCN(c3ccc(C(C)(C)C)cc3)[C@@H](C)C2)nc(C(=O)OC(C)(C)C)c1OCc1ccccc1.Cc1nc(C[C@H]2CCN(c3ccc(C(C)(C)C)cc3)[C@H](C)C2)nc(C(=O)OC(C)(C)C)c1OCc1ccccc1. The van der Waals surface area contributed by atoms with Crippen molar-refractivity contribution in [2.24, 2.45) is 11.8 Å². The van der Waals surface area contributed by atoms with Gasteiger partial charge in [0.25, 0.3) is 0 Å². The first-order chi connectivity index (χ1) is 37.6. The zero-order valence-electron chi connectivity index (χ0n) is 50.9. The minimum Gasteiger partial charge on any atom is -0.484 e. The maximum Gasteiger partial charge on any atom is 0.361 e. The highest BCUT2D eigenvalue weighted by Crippen LogP contribution is 2.35. The van der Waals surface area contributed by atoms with Gasteiger partial charge in [0.2, 0.25) is 0 Å². The van der Waals surface area contributed by atoms with Crippen molar-refractivity contribution in [3.05, 3.63) is 166 Å². The molecule has 12 nitrogen and oxygen atoms in total. The quantitative estimate of drug-likeness (QED) is 0.0963. The van der Waals surface area contributed by atoms with Gasteiger partial charge in [-0.05, 0) is 164 Å². The van der Waals surface area contributed by atoms with E-state index in [1.165, 1.54) is 22.5 Å². The van der Waals surface area contributed by atoms with Crippen LogP contribution in [0.25, 0.3) is 0 Å². The molecule has 4 atom stereocenters. The Labute approximate surface area is 478 Å². The van der Waals surface area contributed by atoms with Gasteiger partial charge in [0, 0.05) is 49.4 Å². The maximum absolute atomic E-state index is 13.2. The van der Waals surface area contributed by atoms with Gasteiger partial charge in [-0.3, -0.25) is 0 Å². The lowest BCUT2D eigenvalue weighted by atomic mass is 9.86. The molecule has 2 fully saturated rings. The van der Waals surface area contributed by atoms with Gasteiger partial charge in [-0.25, -0.2) is 29.5 Å². The Morgan fingerprint density at radius 3 is 1.12 bits per heavy atom. The molecule has 0 bridgehead atoms. The summed E-state index contributed by atoms with van der Waals surface area (Å²) in [5.41, 5.74) is 8.02. The van der Waals surface area contributed by atoms with Crippen LogP contribution in [-0.2, 0) is 46.4 Å². The van der Waals surface area contributed by atoms with Crippen LogP contribution in [0, 0.1) is 25.7 Å². The fraction of sp³-hybridized carbons (Fsp3) is 0.500. The predicted octanol–water partition coefficient (Wildman–Crippen LogP) is 14.9. The first-order valence-corrected chi connectivity index (χ1v) is 28.9. The lowest BCUT2D eigenvalue weighted by Crippen LogP contribution is -2.41. The molecule has 0 N–H and O–H groups in total. The Morgan fingerprint density at radius 1 is 0.487 bits per heavy atom. The second kappa shape index (κ2) is 25.7. The normalized spacial score (nSPS) is 17.9. The molecule has 2 saturated heterocycles. The van der Waals surface area contributed by atoms with Crippen LogP contribution < -0.4 is 19.3 Å². The largest absolute Gasteiger partial charge is 0.484 e. The number of anilines is 2. The van der Waals surface area contributed by atoms with Gasteiger partial charge in [0.15, 0.2) is 22.9 Å². The topological polar surface area (TPSA) is 129 Å². The molecular formula is C68H90N6O6. The first-order valence-electron chi connectivity index (χ1n) is 28.9. The highest BCUT2D eigenvalue weighted by Gasteiger charge is 2.32. The molecule has 2 aliphatic rings. The molecule has 4 aromatic carbocycles. The van der Waals surface area contributed by atoms with Gasteiger partial charge in [-0.2, -0.15) is 0 Å². The molecule has 0 radical (unpaired) electrons. The van der Waals surface area contributed by atoms with E-state index in [4.69, 9.17) is 38.9 Å². The summed E-state index contributed by atoms with van der Waals surface area (Å²) in [6.45, 7) is 35.6. The Morgan fingerprint density at radius 2 is 0.825 bits per heavy atom. The molecule has 0 amide bonds. The average Bonchev–Trinajstić information content (AvgIpc) is 3.40. The number of aryl methyl sites for hydroxylation is 2. The number of aromatic nitrogens is 4. The van der Waals surface area contributed by atoms with E-state index in [0.717, 1.165) is 62.7 Å². The van der Waals surface area contributed by atoms with Crippen molar-refractivity contribution in [1.29, 1.82) is 0 Å². The number of piperidine rings is 2. The molecule has 8 rings (SSSR count). The fourth-order valence-corrected chi connectivity index (χ4v) is 10.7. The van der Waals surface area contributed by atoms with Crippen LogP contribution in [0.15, 0.2) is 109 Å². The molecular weight excluding hydrogens is 997 g/mol. The van der Waals surface area contributed by atoms with Gasteiger partial charge < -0.3 is 28.7 Å². The van der Waals surface area contributed by atoms with Crippen LogP contribution in [-0.4, -0.2) is 68.2 Å². The molecule has 0 saturated carbocycles. The lowest BCUT2D eigenvalue weighted by molar-refractivity contribution is 0.00447. The number of nitrogens with zero attached hydrogens (tertiary/aromatic N) is 6. The number of carbonyl (C=O) groups is 2. The van der Waals surface area contributed by atoms with Gasteiger partial charge in [-0.15, -0.1) is 0 Å². The van der Waals surface area contributed by atoms with Gasteiger partial charge in [0.1, 0.15) is 36.1 Å².